The van der Waals surface area contributed by atoms with Gasteiger partial charge in [0, 0.05) is 44.1 Å². The first kappa shape index (κ1) is 19.5. The zero-order chi connectivity index (χ0) is 20.9. The summed E-state index contributed by atoms with van der Waals surface area (Å²) in [5, 5.41) is 4.90. The number of benzene rings is 1. The van der Waals surface area contributed by atoms with E-state index in [0.717, 1.165) is 50.2 Å². The summed E-state index contributed by atoms with van der Waals surface area (Å²) in [5.41, 5.74) is 0.369. The molecule has 0 unspecified atom stereocenters. The average molecular weight is 411 g/mol. The van der Waals surface area contributed by atoms with Gasteiger partial charge in [0.15, 0.2) is 0 Å². The summed E-state index contributed by atoms with van der Waals surface area (Å²) < 4.78 is 26.4. The third kappa shape index (κ3) is 4.77. The first-order chi connectivity index (χ1) is 14.6. The van der Waals surface area contributed by atoms with E-state index in [1.165, 1.54) is 12.4 Å². The van der Waals surface area contributed by atoms with Crippen LogP contribution < -0.4 is 20.4 Å². The number of anilines is 4. The summed E-state index contributed by atoms with van der Waals surface area (Å²) in [5.74, 6) is -0.0436. The number of hydrogen-bond acceptors (Lipinski definition) is 6. The molecule has 0 saturated carbocycles. The van der Waals surface area contributed by atoms with Crippen molar-refractivity contribution in [3.8, 4) is 0 Å². The lowest BCUT2D eigenvalue weighted by atomic mass is 10.3. The highest BCUT2D eigenvalue weighted by Gasteiger charge is 2.19. The number of amides is 2. The van der Waals surface area contributed by atoms with Gasteiger partial charge in [-0.25, -0.2) is 28.5 Å². The van der Waals surface area contributed by atoms with Gasteiger partial charge in [-0.3, -0.25) is 0 Å². The summed E-state index contributed by atoms with van der Waals surface area (Å²) in [6.45, 7) is 3.09. The third-order valence-electron chi connectivity index (χ3n) is 4.55. The van der Waals surface area contributed by atoms with Gasteiger partial charge in [-0.15, -0.1) is 0 Å². The number of carbonyl (C=O) groups excluding carboxylic acids is 1. The van der Waals surface area contributed by atoms with E-state index in [1.54, 1.807) is 6.20 Å². The summed E-state index contributed by atoms with van der Waals surface area (Å²) in [6.07, 6.45) is 4.75. The molecule has 2 aromatic heterocycles. The van der Waals surface area contributed by atoms with Gasteiger partial charge in [0.05, 0.1) is 18.1 Å². The molecule has 10 heteroatoms. The number of nitrogens with zero attached hydrogens (tertiary/aromatic N) is 5. The van der Waals surface area contributed by atoms with E-state index in [0.29, 0.717) is 11.6 Å². The van der Waals surface area contributed by atoms with Gasteiger partial charge in [0.1, 0.15) is 17.5 Å². The highest BCUT2D eigenvalue weighted by Crippen LogP contribution is 2.17. The molecule has 154 valence electrons. The minimum Gasteiger partial charge on any atom is -0.353 e. The van der Waals surface area contributed by atoms with Crippen molar-refractivity contribution in [2.24, 2.45) is 0 Å². The molecule has 0 atom stereocenters. The lowest BCUT2D eigenvalue weighted by Gasteiger charge is -2.35. The Kier molecular flexibility index (Phi) is 5.64. The van der Waals surface area contributed by atoms with Gasteiger partial charge in [-0.05, 0) is 24.3 Å². The van der Waals surface area contributed by atoms with Crippen LogP contribution in [0.3, 0.4) is 0 Å². The van der Waals surface area contributed by atoms with Gasteiger partial charge in [-0.1, -0.05) is 6.07 Å². The zero-order valence-corrected chi connectivity index (χ0v) is 15.9. The van der Waals surface area contributed by atoms with Gasteiger partial charge < -0.3 is 20.4 Å². The Bertz CT molecular complexity index is 989. The Hall–Kier alpha value is -3.82. The molecule has 0 radical (unpaired) electrons. The predicted molar refractivity (Wildman–Crippen MR) is 110 cm³/mol. The molecule has 0 spiro atoms. The van der Waals surface area contributed by atoms with Crippen LogP contribution in [0.15, 0.2) is 55.0 Å². The monoisotopic (exact) mass is 411 g/mol. The molecule has 0 aliphatic carbocycles. The highest BCUT2D eigenvalue weighted by atomic mass is 19.1. The number of urea groups is 1. The smallest absolute Gasteiger partial charge is 0.323 e. The minimum absolute atomic E-state index is 0.00770. The van der Waals surface area contributed by atoms with Gasteiger partial charge in [0.2, 0.25) is 5.95 Å². The maximum atomic E-state index is 13.2. The van der Waals surface area contributed by atoms with Crippen LogP contribution >= 0.6 is 0 Å². The summed E-state index contributed by atoms with van der Waals surface area (Å²) in [7, 11) is 0. The van der Waals surface area contributed by atoms with Crippen molar-refractivity contribution >= 4 is 29.2 Å². The lowest BCUT2D eigenvalue weighted by molar-refractivity contribution is 0.262. The van der Waals surface area contributed by atoms with Crippen LogP contribution in [0.2, 0.25) is 0 Å². The Morgan fingerprint density at radius 3 is 2.10 bits per heavy atom. The highest BCUT2D eigenvalue weighted by molar-refractivity contribution is 5.99. The number of carbonyl (C=O) groups is 1. The molecule has 1 saturated heterocycles. The Morgan fingerprint density at radius 1 is 0.833 bits per heavy atom. The summed E-state index contributed by atoms with van der Waals surface area (Å²) in [6, 6.07) is 7.95. The van der Waals surface area contributed by atoms with Crippen molar-refractivity contribution in [1.82, 2.24) is 15.0 Å². The average Bonchev–Trinajstić information content (AvgIpc) is 2.74. The van der Waals surface area contributed by atoms with Crippen LogP contribution in [0.1, 0.15) is 0 Å². The molecule has 1 aliphatic heterocycles. The maximum Gasteiger partial charge on any atom is 0.323 e. The van der Waals surface area contributed by atoms with E-state index in [-0.39, 0.29) is 5.69 Å². The van der Waals surface area contributed by atoms with Crippen LogP contribution in [0.25, 0.3) is 0 Å². The lowest BCUT2D eigenvalue weighted by Crippen LogP contribution is -2.47. The number of rotatable bonds is 4. The second-order valence-corrected chi connectivity index (χ2v) is 6.67. The van der Waals surface area contributed by atoms with E-state index in [9.17, 15) is 13.6 Å². The van der Waals surface area contributed by atoms with Gasteiger partial charge >= 0.3 is 6.03 Å². The standard InChI is InChI=1S/C20H19F2N7O/c21-14-9-15(22)11-16(10-14)26-20(30)27-17-12-24-19(25-13-17)29-7-5-28(6-8-29)18-3-1-2-4-23-18/h1-4,9-13H,5-8H2,(H2,26,27,30). The van der Waals surface area contributed by atoms with Crippen molar-refractivity contribution in [2.45, 2.75) is 0 Å². The van der Waals surface area contributed by atoms with Crippen LogP contribution in [0.4, 0.5) is 36.7 Å². The van der Waals surface area contributed by atoms with Crippen LogP contribution in [0.5, 0.6) is 0 Å². The Labute approximate surface area is 171 Å². The molecule has 3 heterocycles. The first-order valence-corrected chi connectivity index (χ1v) is 9.34. The SMILES string of the molecule is O=C(Nc1cnc(N2CCN(c3ccccn3)CC2)nc1)Nc1cc(F)cc(F)c1. The molecule has 3 aromatic rings. The van der Waals surface area contributed by atoms with E-state index in [1.807, 2.05) is 18.2 Å². The Morgan fingerprint density at radius 2 is 1.47 bits per heavy atom. The number of pyridine rings is 1. The van der Waals surface area contributed by atoms with Crippen molar-refractivity contribution in [3.05, 3.63) is 66.6 Å². The van der Waals surface area contributed by atoms with Crippen molar-refractivity contribution in [2.75, 3.05) is 46.6 Å². The molecule has 30 heavy (non-hydrogen) atoms. The fraction of sp³-hybridized carbons (Fsp3) is 0.200. The maximum absolute atomic E-state index is 13.2. The quantitative estimate of drug-likeness (QED) is 0.686. The van der Waals surface area contributed by atoms with E-state index in [2.05, 4.69) is 35.4 Å². The number of aromatic nitrogens is 3. The minimum atomic E-state index is -0.777. The van der Waals surface area contributed by atoms with Crippen LogP contribution in [-0.2, 0) is 0 Å². The van der Waals surface area contributed by atoms with Crippen molar-refractivity contribution in [1.29, 1.82) is 0 Å². The summed E-state index contributed by atoms with van der Waals surface area (Å²) >= 11 is 0. The number of nitrogens with one attached hydrogen (secondary N) is 2. The molecule has 1 aromatic carbocycles. The number of hydrogen-bond donors (Lipinski definition) is 2. The second kappa shape index (κ2) is 8.68. The van der Waals surface area contributed by atoms with E-state index in [4.69, 9.17) is 0 Å². The van der Waals surface area contributed by atoms with Gasteiger partial charge in [0.25, 0.3) is 0 Å². The predicted octanol–water partition coefficient (Wildman–Crippen LogP) is 3.12. The van der Waals surface area contributed by atoms with Crippen LogP contribution in [-0.4, -0.2) is 47.2 Å². The normalized spacial score (nSPS) is 13.8. The molecular weight excluding hydrogens is 392 g/mol. The van der Waals surface area contributed by atoms with Crippen molar-refractivity contribution in [3.63, 3.8) is 0 Å². The largest absolute Gasteiger partial charge is 0.353 e. The molecule has 2 N–H and O–H groups in total. The third-order valence-corrected chi connectivity index (χ3v) is 4.55. The molecule has 1 aliphatic rings. The molecule has 1 fully saturated rings. The van der Waals surface area contributed by atoms with Gasteiger partial charge in [-0.2, -0.15) is 0 Å². The molecule has 4 rings (SSSR count). The van der Waals surface area contributed by atoms with Crippen molar-refractivity contribution < 1.29 is 13.6 Å². The topological polar surface area (TPSA) is 86.3 Å². The number of halogens is 2. The number of piperazine rings is 1. The second-order valence-electron chi connectivity index (χ2n) is 6.67. The van der Waals surface area contributed by atoms with E-state index < -0.39 is 17.7 Å². The Balaban J connectivity index is 1.31. The molecule has 0 bridgehead atoms. The van der Waals surface area contributed by atoms with Crippen LogP contribution in [0, 0.1) is 11.6 Å². The molecule has 8 nitrogen and oxygen atoms in total. The molecular formula is C20H19F2N7O. The fourth-order valence-corrected chi connectivity index (χ4v) is 3.14. The molecule has 2 amide bonds. The first-order valence-electron chi connectivity index (χ1n) is 9.34. The fourth-order valence-electron chi connectivity index (χ4n) is 3.14. The van der Waals surface area contributed by atoms with E-state index >= 15 is 0 Å². The summed E-state index contributed by atoms with van der Waals surface area (Å²) in [4.78, 5) is 29.3. The zero-order valence-electron chi connectivity index (χ0n) is 15.9.